The molecule has 0 fully saturated rings. The van der Waals surface area contributed by atoms with Crippen molar-refractivity contribution in [3.63, 3.8) is 0 Å². The molecular weight excluding hydrogens is 263 g/mol. The van der Waals surface area contributed by atoms with Crippen LogP contribution in [0.4, 0.5) is 19.1 Å². The quantitative estimate of drug-likeness (QED) is 0.769. The molecule has 19 heavy (non-hydrogen) atoms. The zero-order valence-corrected chi connectivity index (χ0v) is 10.6. The van der Waals surface area contributed by atoms with Gasteiger partial charge in [-0.25, -0.2) is 9.97 Å². The first-order valence-corrected chi connectivity index (χ1v) is 5.53. The smallest absolute Gasteiger partial charge is 0.433 e. The summed E-state index contributed by atoms with van der Waals surface area (Å²) in [5.41, 5.74) is -0.989. The molecule has 0 aromatic carbocycles. The normalized spacial score (nSPS) is 11.2. The van der Waals surface area contributed by atoms with E-state index in [0.29, 0.717) is 13.0 Å². The van der Waals surface area contributed by atoms with E-state index in [4.69, 9.17) is 0 Å². The summed E-state index contributed by atoms with van der Waals surface area (Å²) in [4.78, 5) is 19.6. The highest BCUT2D eigenvalue weighted by Gasteiger charge is 2.33. The molecule has 0 spiro atoms. The van der Waals surface area contributed by atoms with Crippen molar-refractivity contribution < 1.29 is 22.7 Å². The van der Waals surface area contributed by atoms with Crippen LogP contribution < -0.4 is 4.90 Å². The molecule has 0 unspecified atom stereocenters. The second-order valence-corrected chi connectivity index (χ2v) is 3.84. The summed E-state index contributed by atoms with van der Waals surface area (Å²) in [5.74, 6) is -0.391. The minimum absolute atomic E-state index is 0.0281. The van der Waals surface area contributed by atoms with Crippen molar-refractivity contribution in [1.29, 1.82) is 0 Å². The molecule has 1 rings (SSSR count). The highest BCUT2D eigenvalue weighted by Crippen LogP contribution is 2.27. The number of alkyl halides is 3. The molecule has 0 saturated heterocycles. The van der Waals surface area contributed by atoms with Crippen molar-refractivity contribution in [2.45, 2.75) is 19.0 Å². The third-order valence-electron chi connectivity index (χ3n) is 2.38. The number of hydrogen-bond donors (Lipinski definition) is 0. The molecule has 5 nitrogen and oxygen atoms in total. The zero-order chi connectivity index (χ0) is 14.5. The second kappa shape index (κ2) is 6.35. The third kappa shape index (κ3) is 4.72. The number of esters is 1. The van der Waals surface area contributed by atoms with Gasteiger partial charge in [-0.05, 0) is 12.5 Å². The second-order valence-electron chi connectivity index (χ2n) is 3.84. The van der Waals surface area contributed by atoms with Crippen molar-refractivity contribution in [2.75, 3.05) is 25.6 Å². The van der Waals surface area contributed by atoms with Gasteiger partial charge < -0.3 is 9.64 Å². The fraction of sp³-hybridized carbons (Fsp3) is 0.545. The third-order valence-corrected chi connectivity index (χ3v) is 2.38. The Hall–Kier alpha value is -1.86. The van der Waals surface area contributed by atoms with Gasteiger partial charge >= 0.3 is 12.1 Å². The maximum Gasteiger partial charge on any atom is 0.433 e. The maximum absolute atomic E-state index is 12.5. The highest BCUT2D eigenvalue weighted by atomic mass is 19.4. The van der Waals surface area contributed by atoms with E-state index < -0.39 is 11.9 Å². The maximum atomic E-state index is 12.5. The van der Waals surface area contributed by atoms with Crippen LogP contribution >= 0.6 is 0 Å². The van der Waals surface area contributed by atoms with Gasteiger partial charge in [-0.2, -0.15) is 13.2 Å². The minimum Gasteiger partial charge on any atom is -0.469 e. The van der Waals surface area contributed by atoms with Gasteiger partial charge in [0, 0.05) is 26.2 Å². The summed E-state index contributed by atoms with van der Waals surface area (Å²) >= 11 is 0. The van der Waals surface area contributed by atoms with Gasteiger partial charge in [0.1, 0.15) is 5.69 Å². The van der Waals surface area contributed by atoms with Gasteiger partial charge in [0.15, 0.2) is 0 Å². The van der Waals surface area contributed by atoms with Gasteiger partial charge in [-0.1, -0.05) is 0 Å². The molecule has 106 valence electrons. The van der Waals surface area contributed by atoms with E-state index in [2.05, 4.69) is 14.7 Å². The van der Waals surface area contributed by atoms with E-state index in [1.165, 1.54) is 12.0 Å². The first-order chi connectivity index (χ1) is 8.84. The standard InChI is InChI=1S/C11H14F3N3O2/c1-17(7-3-4-9(18)19-2)10-15-6-5-8(16-10)11(12,13)14/h5-6H,3-4,7H2,1-2H3. The predicted octanol–water partition coefficient (Wildman–Crippen LogP) is 1.88. The van der Waals surface area contributed by atoms with Crippen LogP contribution in [0, 0.1) is 0 Å². The molecule has 0 amide bonds. The Morgan fingerprint density at radius 3 is 2.74 bits per heavy atom. The van der Waals surface area contributed by atoms with Gasteiger partial charge in [-0.15, -0.1) is 0 Å². The topological polar surface area (TPSA) is 55.3 Å². The van der Waals surface area contributed by atoms with E-state index in [0.717, 1.165) is 12.3 Å². The van der Waals surface area contributed by atoms with Crippen LogP contribution in [0.5, 0.6) is 0 Å². The van der Waals surface area contributed by atoms with Crippen LogP contribution in [-0.4, -0.2) is 36.6 Å². The van der Waals surface area contributed by atoms with E-state index in [1.807, 2.05) is 0 Å². The van der Waals surface area contributed by atoms with Crippen LogP contribution in [0.1, 0.15) is 18.5 Å². The van der Waals surface area contributed by atoms with Gasteiger partial charge in [0.2, 0.25) is 5.95 Å². The lowest BCUT2D eigenvalue weighted by atomic mass is 10.3. The molecule has 0 aliphatic carbocycles. The summed E-state index contributed by atoms with van der Waals surface area (Å²) in [6, 6.07) is 0.811. The number of halogens is 3. The van der Waals surface area contributed by atoms with Crippen LogP contribution in [0.2, 0.25) is 0 Å². The van der Waals surface area contributed by atoms with Gasteiger partial charge in [-0.3, -0.25) is 4.79 Å². The Morgan fingerprint density at radius 1 is 1.47 bits per heavy atom. The molecule has 0 atom stereocenters. The summed E-state index contributed by atoms with van der Waals surface area (Å²) in [6.07, 6.45) is -2.80. The number of ether oxygens (including phenoxy) is 1. The Morgan fingerprint density at radius 2 is 2.16 bits per heavy atom. The lowest BCUT2D eigenvalue weighted by Gasteiger charge is -2.17. The van der Waals surface area contributed by atoms with Crippen molar-refractivity contribution in [2.24, 2.45) is 0 Å². The number of carbonyl (C=O) groups excluding carboxylic acids is 1. The molecule has 0 aliphatic rings. The monoisotopic (exact) mass is 277 g/mol. The van der Waals surface area contributed by atoms with Crippen LogP contribution in [0.25, 0.3) is 0 Å². The first kappa shape index (κ1) is 15.2. The van der Waals surface area contributed by atoms with Crippen LogP contribution in [0.15, 0.2) is 12.3 Å². The minimum atomic E-state index is -4.50. The molecular formula is C11H14F3N3O2. The van der Waals surface area contributed by atoms with Crippen LogP contribution in [-0.2, 0) is 15.7 Å². The Bertz CT molecular complexity index is 437. The van der Waals surface area contributed by atoms with E-state index in [1.54, 1.807) is 7.05 Å². The fourth-order valence-corrected chi connectivity index (χ4v) is 1.35. The van der Waals surface area contributed by atoms with Crippen molar-refractivity contribution in [3.05, 3.63) is 18.0 Å². The summed E-state index contributed by atoms with van der Waals surface area (Å²) in [5, 5.41) is 0. The highest BCUT2D eigenvalue weighted by molar-refractivity contribution is 5.69. The molecule has 1 heterocycles. The summed E-state index contributed by atoms with van der Waals surface area (Å²) in [7, 11) is 2.84. The molecule has 1 aromatic heterocycles. The first-order valence-electron chi connectivity index (χ1n) is 5.53. The molecule has 1 aromatic rings. The Labute approximate surface area is 108 Å². The van der Waals surface area contributed by atoms with E-state index in [9.17, 15) is 18.0 Å². The Balaban J connectivity index is 2.62. The number of hydrogen-bond acceptors (Lipinski definition) is 5. The Kier molecular flexibility index (Phi) is 5.08. The van der Waals surface area contributed by atoms with Crippen molar-refractivity contribution in [3.8, 4) is 0 Å². The lowest BCUT2D eigenvalue weighted by Crippen LogP contribution is -2.23. The molecule has 0 bridgehead atoms. The summed E-state index contributed by atoms with van der Waals surface area (Å²) < 4.78 is 41.9. The zero-order valence-electron chi connectivity index (χ0n) is 10.6. The number of rotatable bonds is 5. The molecule has 0 radical (unpaired) electrons. The number of aromatic nitrogens is 2. The van der Waals surface area contributed by atoms with Crippen LogP contribution in [0.3, 0.4) is 0 Å². The number of anilines is 1. The number of carbonyl (C=O) groups is 1. The molecule has 0 saturated carbocycles. The predicted molar refractivity (Wildman–Crippen MR) is 61.6 cm³/mol. The van der Waals surface area contributed by atoms with Gasteiger partial charge in [0.25, 0.3) is 0 Å². The van der Waals surface area contributed by atoms with E-state index in [-0.39, 0.29) is 18.3 Å². The molecule has 0 N–H and O–H groups in total. The van der Waals surface area contributed by atoms with Crippen molar-refractivity contribution in [1.82, 2.24) is 9.97 Å². The fourth-order valence-electron chi connectivity index (χ4n) is 1.35. The largest absolute Gasteiger partial charge is 0.469 e. The SMILES string of the molecule is COC(=O)CCCN(C)c1nccc(C(F)(F)F)n1. The average molecular weight is 277 g/mol. The average Bonchev–Trinajstić information content (AvgIpc) is 2.37. The number of nitrogens with zero attached hydrogens (tertiary/aromatic N) is 3. The number of methoxy groups -OCH3 is 1. The summed E-state index contributed by atoms with van der Waals surface area (Å²) in [6.45, 7) is 0.358. The van der Waals surface area contributed by atoms with E-state index >= 15 is 0 Å². The van der Waals surface area contributed by atoms with Gasteiger partial charge in [0.05, 0.1) is 7.11 Å². The lowest BCUT2D eigenvalue weighted by molar-refractivity contribution is -0.141. The van der Waals surface area contributed by atoms with Crippen molar-refractivity contribution >= 4 is 11.9 Å². The molecule has 8 heteroatoms. The molecule has 0 aliphatic heterocycles.